The summed E-state index contributed by atoms with van der Waals surface area (Å²) >= 11 is 5.13. The van der Waals surface area contributed by atoms with Crippen molar-refractivity contribution < 1.29 is 0 Å². The molecule has 3 aromatic carbocycles. The second kappa shape index (κ2) is 10.3. The third-order valence-corrected chi connectivity index (χ3v) is 5.01. The largest absolute Gasteiger partial charge is 0.358 e. The number of hydrogen-bond acceptors (Lipinski definition) is 3. The van der Waals surface area contributed by atoms with E-state index in [-0.39, 0.29) is 0 Å². The van der Waals surface area contributed by atoms with E-state index < -0.39 is 0 Å². The van der Waals surface area contributed by atoms with E-state index in [1.807, 2.05) is 65.3 Å². The molecule has 0 saturated heterocycles. The van der Waals surface area contributed by atoms with Gasteiger partial charge in [0.05, 0.1) is 23.3 Å². The summed E-state index contributed by atoms with van der Waals surface area (Å²) in [5, 5.41) is 12.5. The first-order valence-corrected chi connectivity index (χ1v) is 10.6. The second-order valence-electron chi connectivity index (χ2n) is 7.02. The first-order valence-electron chi connectivity index (χ1n) is 10.2. The van der Waals surface area contributed by atoms with E-state index in [2.05, 4.69) is 52.8 Å². The molecule has 0 aliphatic rings. The SMILES string of the molecule is C=CCNC(=S)NN=Cc1ccc(-n2nc(-c3ccccc3)cc2-c2ccccc2)cc1. The van der Waals surface area contributed by atoms with Gasteiger partial charge in [0.25, 0.3) is 0 Å². The van der Waals surface area contributed by atoms with Crippen LogP contribution in [0.1, 0.15) is 5.56 Å². The van der Waals surface area contributed by atoms with E-state index in [0.29, 0.717) is 11.7 Å². The number of thiocarbonyl (C=S) groups is 1. The van der Waals surface area contributed by atoms with E-state index in [4.69, 9.17) is 17.3 Å². The Kier molecular flexibility index (Phi) is 6.84. The molecular formula is C26H23N5S. The molecule has 0 fully saturated rings. The van der Waals surface area contributed by atoms with Crippen molar-refractivity contribution >= 4 is 23.5 Å². The summed E-state index contributed by atoms with van der Waals surface area (Å²) < 4.78 is 1.98. The monoisotopic (exact) mass is 437 g/mol. The summed E-state index contributed by atoms with van der Waals surface area (Å²) in [6.07, 6.45) is 3.46. The number of aromatic nitrogens is 2. The number of hydrazone groups is 1. The van der Waals surface area contributed by atoms with E-state index in [0.717, 1.165) is 33.8 Å². The highest BCUT2D eigenvalue weighted by molar-refractivity contribution is 7.80. The summed E-state index contributed by atoms with van der Waals surface area (Å²) in [7, 11) is 0. The van der Waals surface area contributed by atoms with Crippen molar-refractivity contribution in [3.8, 4) is 28.2 Å². The Balaban J connectivity index is 1.60. The molecule has 0 aliphatic carbocycles. The highest BCUT2D eigenvalue weighted by atomic mass is 32.1. The zero-order chi connectivity index (χ0) is 22.2. The molecule has 4 aromatic rings. The summed E-state index contributed by atoms with van der Waals surface area (Å²) in [6.45, 7) is 4.23. The lowest BCUT2D eigenvalue weighted by Gasteiger charge is -2.08. The molecule has 1 heterocycles. The average molecular weight is 438 g/mol. The van der Waals surface area contributed by atoms with Crippen molar-refractivity contribution in [1.29, 1.82) is 0 Å². The first-order chi connectivity index (χ1) is 15.7. The van der Waals surface area contributed by atoms with Gasteiger partial charge in [-0.25, -0.2) is 4.68 Å². The van der Waals surface area contributed by atoms with Crippen molar-refractivity contribution in [3.63, 3.8) is 0 Å². The maximum atomic E-state index is 5.13. The summed E-state index contributed by atoms with van der Waals surface area (Å²) in [5.74, 6) is 0. The number of hydrogen-bond donors (Lipinski definition) is 2. The molecule has 0 amide bonds. The molecule has 0 saturated carbocycles. The van der Waals surface area contributed by atoms with Crippen LogP contribution in [0.5, 0.6) is 0 Å². The topological polar surface area (TPSA) is 54.2 Å². The van der Waals surface area contributed by atoms with Gasteiger partial charge in [-0.1, -0.05) is 78.9 Å². The van der Waals surface area contributed by atoms with Gasteiger partial charge in [-0.2, -0.15) is 10.2 Å². The van der Waals surface area contributed by atoms with Crippen LogP contribution in [0.3, 0.4) is 0 Å². The van der Waals surface area contributed by atoms with Crippen molar-refractivity contribution in [2.24, 2.45) is 5.10 Å². The van der Waals surface area contributed by atoms with E-state index in [1.54, 1.807) is 12.3 Å². The lowest BCUT2D eigenvalue weighted by molar-refractivity contribution is 0.892. The Morgan fingerprint density at radius 3 is 2.25 bits per heavy atom. The van der Waals surface area contributed by atoms with Crippen molar-refractivity contribution in [2.45, 2.75) is 0 Å². The Bertz CT molecular complexity index is 1210. The van der Waals surface area contributed by atoms with E-state index in [9.17, 15) is 0 Å². The van der Waals surface area contributed by atoms with Crippen LogP contribution < -0.4 is 10.7 Å². The van der Waals surface area contributed by atoms with Crippen molar-refractivity contribution in [1.82, 2.24) is 20.5 Å². The molecule has 2 N–H and O–H groups in total. The molecule has 0 radical (unpaired) electrons. The molecule has 0 aliphatic heterocycles. The van der Waals surface area contributed by atoms with Crippen LogP contribution >= 0.6 is 12.2 Å². The van der Waals surface area contributed by atoms with Gasteiger partial charge in [0.15, 0.2) is 5.11 Å². The molecule has 0 spiro atoms. The molecule has 0 unspecified atom stereocenters. The Labute approximate surface area is 193 Å². The molecule has 5 nitrogen and oxygen atoms in total. The molecule has 4 rings (SSSR count). The van der Waals surface area contributed by atoms with Gasteiger partial charge in [-0.15, -0.1) is 6.58 Å². The fraction of sp³-hybridized carbons (Fsp3) is 0.0385. The lowest BCUT2D eigenvalue weighted by Crippen LogP contribution is -2.31. The predicted molar refractivity (Wildman–Crippen MR) is 136 cm³/mol. The van der Waals surface area contributed by atoms with Gasteiger partial charge >= 0.3 is 0 Å². The molecule has 0 bridgehead atoms. The van der Waals surface area contributed by atoms with Crippen LogP contribution in [-0.2, 0) is 0 Å². The normalized spacial score (nSPS) is 10.8. The summed E-state index contributed by atoms with van der Waals surface area (Å²) in [6, 6.07) is 30.7. The third kappa shape index (κ3) is 5.17. The van der Waals surface area contributed by atoms with Crippen LogP contribution in [-0.4, -0.2) is 27.7 Å². The standard InChI is InChI=1S/C26H23N5S/c1-2-17-27-26(32)29-28-19-20-13-15-23(16-14-20)31-25(22-11-7-4-8-12-22)18-24(30-31)21-9-5-3-6-10-21/h2-16,18-19H,1,17H2,(H2,27,29,32). The van der Waals surface area contributed by atoms with Crippen LogP contribution in [0.2, 0.25) is 0 Å². The van der Waals surface area contributed by atoms with E-state index in [1.165, 1.54) is 0 Å². The van der Waals surface area contributed by atoms with Crippen molar-refractivity contribution in [2.75, 3.05) is 6.54 Å². The second-order valence-corrected chi connectivity index (χ2v) is 7.43. The highest BCUT2D eigenvalue weighted by Crippen LogP contribution is 2.28. The number of rotatable bonds is 7. The summed E-state index contributed by atoms with van der Waals surface area (Å²) in [5.41, 5.74) is 8.86. The molecule has 0 atom stereocenters. The minimum Gasteiger partial charge on any atom is -0.358 e. The Morgan fingerprint density at radius 1 is 0.938 bits per heavy atom. The zero-order valence-electron chi connectivity index (χ0n) is 17.5. The number of nitrogens with one attached hydrogen (secondary N) is 2. The minimum absolute atomic E-state index is 0.454. The molecule has 158 valence electrons. The van der Waals surface area contributed by atoms with Gasteiger partial charge in [0, 0.05) is 17.7 Å². The summed E-state index contributed by atoms with van der Waals surface area (Å²) in [4.78, 5) is 0. The lowest BCUT2D eigenvalue weighted by atomic mass is 10.1. The van der Waals surface area contributed by atoms with Crippen LogP contribution in [0.4, 0.5) is 0 Å². The highest BCUT2D eigenvalue weighted by Gasteiger charge is 2.12. The fourth-order valence-electron chi connectivity index (χ4n) is 3.21. The van der Waals surface area contributed by atoms with E-state index >= 15 is 0 Å². The quantitative estimate of drug-likeness (QED) is 0.181. The zero-order valence-corrected chi connectivity index (χ0v) is 18.3. The number of benzene rings is 3. The van der Waals surface area contributed by atoms with Crippen LogP contribution in [0, 0.1) is 0 Å². The Hall–Kier alpha value is -4.03. The maximum Gasteiger partial charge on any atom is 0.187 e. The van der Waals surface area contributed by atoms with Gasteiger partial charge in [0.1, 0.15) is 0 Å². The van der Waals surface area contributed by atoms with Crippen LogP contribution in [0.15, 0.2) is 109 Å². The average Bonchev–Trinajstić information content (AvgIpc) is 3.30. The fourth-order valence-corrected chi connectivity index (χ4v) is 3.35. The third-order valence-electron chi connectivity index (χ3n) is 4.77. The molecule has 32 heavy (non-hydrogen) atoms. The first kappa shape index (κ1) is 21.2. The Morgan fingerprint density at radius 2 is 1.59 bits per heavy atom. The molecule has 1 aromatic heterocycles. The van der Waals surface area contributed by atoms with Gasteiger partial charge < -0.3 is 5.32 Å². The van der Waals surface area contributed by atoms with Crippen LogP contribution in [0.25, 0.3) is 28.2 Å². The molecular weight excluding hydrogens is 414 g/mol. The molecule has 6 heteroatoms. The van der Waals surface area contributed by atoms with Gasteiger partial charge in [-0.05, 0) is 36.0 Å². The maximum absolute atomic E-state index is 5.13. The van der Waals surface area contributed by atoms with Gasteiger partial charge in [0.2, 0.25) is 0 Å². The predicted octanol–water partition coefficient (Wildman–Crippen LogP) is 5.19. The van der Waals surface area contributed by atoms with Gasteiger partial charge in [-0.3, -0.25) is 5.43 Å². The number of nitrogens with zero attached hydrogens (tertiary/aromatic N) is 3. The minimum atomic E-state index is 0.454. The smallest absolute Gasteiger partial charge is 0.187 e. The van der Waals surface area contributed by atoms with Crippen molar-refractivity contribution in [3.05, 3.63) is 109 Å².